The Hall–Kier alpha value is -5.90. The summed E-state index contributed by atoms with van der Waals surface area (Å²) in [6.45, 7) is 4.04. The van der Waals surface area contributed by atoms with Crippen LogP contribution in [0.15, 0.2) is 120 Å². The van der Waals surface area contributed by atoms with Gasteiger partial charge in [-0.25, -0.2) is 0 Å². The molecule has 2 aliphatic heterocycles. The highest BCUT2D eigenvalue weighted by atomic mass is 16.5. The molecule has 0 bridgehead atoms. The second-order valence-corrected chi connectivity index (χ2v) is 12.7. The summed E-state index contributed by atoms with van der Waals surface area (Å²) >= 11 is 0. The van der Waals surface area contributed by atoms with Gasteiger partial charge in [-0.15, -0.1) is 0 Å². The van der Waals surface area contributed by atoms with Crippen LogP contribution in [0.5, 0.6) is 23.0 Å². The molecule has 0 aromatic heterocycles. The van der Waals surface area contributed by atoms with E-state index in [2.05, 4.69) is 10.6 Å². The second kappa shape index (κ2) is 15.1. The van der Waals surface area contributed by atoms with Crippen molar-refractivity contribution in [1.82, 2.24) is 10.6 Å². The Morgan fingerprint density at radius 2 is 0.750 bits per heavy atom. The van der Waals surface area contributed by atoms with Crippen LogP contribution >= 0.6 is 0 Å². The van der Waals surface area contributed by atoms with E-state index < -0.39 is 11.2 Å². The summed E-state index contributed by atoms with van der Waals surface area (Å²) < 4.78 is 34.7. The van der Waals surface area contributed by atoms with Gasteiger partial charge < -0.3 is 39.1 Å². The van der Waals surface area contributed by atoms with Crippen molar-refractivity contribution in [1.29, 1.82) is 0 Å². The molecule has 6 rings (SSSR count). The zero-order valence-corrected chi connectivity index (χ0v) is 30.3. The van der Waals surface area contributed by atoms with Crippen LogP contribution < -0.4 is 29.6 Å². The molecule has 2 amide bonds. The fourth-order valence-corrected chi connectivity index (χ4v) is 6.93. The van der Waals surface area contributed by atoms with E-state index in [1.165, 1.54) is 0 Å². The SMILES string of the molecule is COc1ccc(C2(c3ccc(OC)cc3)CC(C(=O)NCCNC(=O)C3=C(C)OC(c4ccc(OC)cc4)(c4ccc(OC)cc4)C3)=C(C)O2)cc1. The summed E-state index contributed by atoms with van der Waals surface area (Å²) in [6.07, 6.45) is 0.635. The van der Waals surface area contributed by atoms with Gasteiger partial charge in [-0.2, -0.15) is 0 Å². The molecule has 0 radical (unpaired) electrons. The van der Waals surface area contributed by atoms with Crippen LogP contribution in [0.25, 0.3) is 0 Å². The van der Waals surface area contributed by atoms with E-state index in [9.17, 15) is 9.59 Å². The number of hydrogen-bond donors (Lipinski definition) is 2. The molecule has 0 fully saturated rings. The van der Waals surface area contributed by atoms with Gasteiger partial charge in [-0.05, 0) is 62.4 Å². The smallest absolute Gasteiger partial charge is 0.250 e. The Balaban J connectivity index is 1.12. The first-order valence-corrected chi connectivity index (χ1v) is 17.1. The zero-order valence-electron chi connectivity index (χ0n) is 30.3. The van der Waals surface area contributed by atoms with Crippen molar-refractivity contribution < 1.29 is 38.0 Å². The average molecular weight is 705 g/mol. The Morgan fingerprint density at radius 1 is 0.500 bits per heavy atom. The third-order valence-electron chi connectivity index (χ3n) is 9.83. The highest BCUT2D eigenvalue weighted by molar-refractivity contribution is 5.96. The minimum absolute atomic E-state index is 0.217. The minimum atomic E-state index is -0.920. The van der Waals surface area contributed by atoms with Crippen LogP contribution in [0.4, 0.5) is 0 Å². The van der Waals surface area contributed by atoms with Gasteiger partial charge in [0.1, 0.15) is 34.5 Å². The molecule has 2 N–H and O–H groups in total. The maximum Gasteiger partial charge on any atom is 0.250 e. The van der Waals surface area contributed by atoms with Gasteiger partial charge in [-0.1, -0.05) is 48.5 Å². The summed E-state index contributed by atoms with van der Waals surface area (Å²) in [6, 6.07) is 30.7. The van der Waals surface area contributed by atoms with Crippen LogP contribution in [0, 0.1) is 0 Å². The third kappa shape index (κ3) is 6.88. The predicted molar refractivity (Wildman–Crippen MR) is 196 cm³/mol. The van der Waals surface area contributed by atoms with Crippen LogP contribution in [0.3, 0.4) is 0 Å². The molecule has 0 aliphatic carbocycles. The van der Waals surface area contributed by atoms with Gasteiger partial charge in [0.25, 0.3) is 11.8 Å². The topological polar surface area (TPSA) is 114 Å². The lowest BCUT2D eigenvalue weighted by Crippen LogP contribution is -2.36. The van der Waals surface area contributed by atoms with Crippen molar-refractivity contribution >= 4 is 11.8 Å². The van der Waals surface area contributed by atoms with E-state index in [1.807, 2.05) is 97.1 Å². The van der Waals surface area contributed by atoms with Crippen molar-refractivity contribution in [3.05, 3.63) is 142 Å². The molecule has 2 aliphatic rings. The standard InChI is InChI=1S/C42H44N2O8/c1-27-37(25-41(51-27,29-7-15-33(47-3)16-8-29)30-9-17-34(48-4)18-10-30)39(45)43-23-24-44-40(46)38-26-42(52-28(38)2,31-11-19-35(49-5)20-12-31)32-13-21-36(50-6)22-14-32/h7-22H,23-26H2,1-6H3,(H,43,45)(H,44,46). The number of nitrogens with one attached hydrogen (secondary N) is 2. The third-order valence-corrected chi connectivity index (χ3v) is 9.83. The number of carbonyl (C=O) groups excluding carboxylic acids is 2. The molecule has 10 heteroatoms. The number of methoxy groups -OCH3 is 4. The number of allylic oxidation sites excluding steroid dienone is 2. The van der Waals surface area contributed by atoms with Crippen molar-refractivity contribution in [2.45, 2.75) is 37.9 Å². The van der Waals surface area contributed by atoms with Crippen molar-refractivity contribution in [3.8, 4) is 23.0 Å². The Bertz CT molecular complexity index is 1720. The lowest BCUT2D eigenvalue weighted by molar-refractivity contribution is -0.119. The molecule has 10 nitrogen and oxygen atoms in total. The summed E-state index contributed by atoms with van der Waals surface area (Å²) in [5.74, 6) is 3.44. The van der Waals surface area contributed by atoms with E-state index in [4.69, 9.17) is 28.4 Å². The van der Waals surface area contributed by atoms with Crippen molar-refractivity contribution in [2.75, 3.05) is 41.5 Å². The fourth-order valence-electron chi connectivity index (χ4n) is 6.93. The minimum Gasteiger partial charge on any atom is -0.497 e. The van der Waals surface area contributed by atoms with Crippen LogP contribution in [0.1, 0.15) is 48.9 Å². The number of carbonyl (C=O) groups is 2. The van der Waals surface area contributed by atoms with Gasteiger partial charge in [-0.3, -0.25) is 9.59 Å². The molecule has 0 saturated carbocycles. The zero-order chi connectivity index (χ0) is 36.9. The van der Waals surface area contributed by atoms with Crippen LogP contribution in [-0.2, 0) is 30.3 Å². The largest absolute Gasteiger partial charge is 0.497 e. The molecule has 4 aromatic carbocycles. The monoisotopic (exact) mass is 704 g/mol. The number of amides is 2. The average Bonchev–Trinajstić information content (AvgIpc) is 3.74. The van der Waals surface area contributed by atoms with Crippen LogP contribution in [-0.4, -0.2) is 53.3 Å². The Morgan fingerprint density at radius 3 is 0.981 bits per heavy atom. The number of ether oxygens (including phenoxy) is 6. The summed E-state index contributed by atoms with van der Waals surface area (Å²) in [7, 11) is 6.48. The first-order valence-electron chi connectivity index (χ1n) is 17.1. The van der Waals surface area contributed by atoms with E-state index in [0.29, 0.717) is 35.5 Å². The maximum absolute atomic E-state index is 13.6. The molecule has 2 heterocycles. The summed E-state index contributed by atoms with van der Waals surface area (Å²) in [4.78, 5) is 27.2. The van der Waals surface area contributed by atoms with Gasteiger partial charge in [0.15, 0.2) is 11.2 Å². The number of benzene rings is 4. The highest BCUT2D eigenvalue weighted by Gasteiger charge is 2.46. The van der Waals surface area contributed by atoms with E-state index in [-0.39, 0.29) is 24.9 Å². The molecule has 270 valence electrons. The lowest BCUT2D eigenvalue weighted by atomic mass is 9.82. The molecule has 52 heavy (non-hydrogen) atoms. The quantitative estimate of drug-likeness (QED) is 0.151. The molecule has 0 atom stereocenters. The maximum atomic E-state index is 13.6. The first-order chi connectivity index (χ1) is 25.2. The number of rotatable bonds is 13. The van der Waals surface area contributed by atoms with Crippen molar-refractivity contribution in [2.24, 2.45) is 0 Å². The first kappa shape index (κ1) is 35.9. The molecule has 0 spiro atoms. The van der Waals surface area contributed by atoms with E-state index >= 15 is 0 Å². The Kier molecular flexibility index (Phi) is 10.5. The normalized spacial score (nSPS) is 15.7. The van der Waals surface area contributed by atoms with E-state index in [0.717, 1.165) is 45.3 Å². The highest BCUT2D eigenvalue weighted by Crippen LogP contribution is 2.49. The number of hydrogen-bond acceptors (Lipinski definition) is 8. The molecule has 4 aromatic rings. The van der Waals surface area contributed by atoms with Gasteiger partial charge in [0, 0.05) is 48.2 Å². The van der Waals surface area contributed by atoms with Gasteiger partial charge in [0.05, 0.1) is 39.6 Å². The molecular formula is C42H44N2O8. The molecule has 0 saturated heterocycles. The predicted octanol–water partition coefficient (Wildman–Crippen LogP) is 6.53. The molecule has 0 unspecified atom stereocenters. The Labute approximate surface area is 304 Å². The second-order valence-electron chi connectivity index (χ2n) is 12.7. The molecular weight excluding hydrogens is 660 g/mol. The van der Waals surface area contributed by atoms with Crippen LogP contribution in [0.2, 0.25) is 0 Å². The lowest BCUT2D eigenvalue weighted by Gasteiger charge is -2.31. The summed E-state index contributed by atoms with van der Waals surface area (Å²) in [5, 5.41) is 5.95. The fraction of sp³-hybridized carbons (Fsp3) is 0.286. The van der Waals surface area contributed by atoms with Gasteiger partial charge in [0.2, 0.25) is 0 Å². The van der Waals surface area contributed by atoms with E-state index in [1.54, 1.807) is 42.3 Å². The van der Waals surface area contributed by atoms with Gasteiger partial charge >= 0.3 is 0 Å². The summed E-state index contributed by atoms with van der Waals surface area (Å²) in [5.41, 5.74) is 2.76. The van der Waals surface area contributed by atoms with Crippen molar-refractivity contribution in [3.63, 3.8) is 0 Å².